The van der Waals surface area contributed by atoms with Crippen molar-refractivity contribution in [2.75, 3.05) is 19.7 Å². The van der Waals surface area contributed by atoms with Crippen molar-refractivity contribution in [3.05, 3.63) is 35.4 Å². The van der Waals surface area contributed by atoms with Crippen molar-refractivity contribution in [3.8, 4) is 0 Å². The number of morpholine rings is 1. The van der Waals surface area contributed by atoms with Crippen LogP contribution in [0.5, 0.6) is 0 Å². The van der Waals surface area contributed by atoms with Gasteiger partial charge >= 0.3 is 6.18 Å². The Morgan fingerprint density at radius 1 is 1.38 bits per heavy atom. The van der Waals surface area contributed by atoms with Crippen molar-refractivity contribution < 1.29 is 22.7 Å². The number of hydrogen-bond donors (Lipinski definition) is 1. The lowest BCUT2D eigenvalue weighted by Crippen LogP contribution is -2.49. The van der Waals surface area contributed by atoms with Crippen LogP contribution in [0.25, 0.3) is 0 Å². The number of halogens is 3. The third kappa shape index (κ3) is 3.74. The maximum absolute atomic E-state index is 12.5. The van der Waals surface area contributed by atoms with Gasteiger partial charge in [-0.25, -0.2) is 0 Å². The fourth-order valence-electron chi connectivity index (χ4n) is 2.35. The van der Waals surface area contributed by atoms with Crippen molar-refractivity contribution in [2.24, 2.45) is 5.73 Å². The van der Waals surface area contributed by atoms with Gasteiger partial charge in [-0.3, -0.25) is 9.69 Å². The van der Waals surface area contributed by atoms with Gasteiger partial charge in [0.05, 0.1) is 12.2 Å². The Balaban J connectivity index is 2.09. The monoisotopic (exact) mass is 302 g/mol. The highest BCUT2D eigenvalue weighted by molar-refractivity contribution is 5.79. The number of carbonyl (C=O) groups excluding carboxylic acids is 1. The predicted octanol–water partition coefficient (Wildman–Crippen LogP) is 1.95. The number of hydrogen-bond acceptors (Lipinski definition) is 3. The standard InChI is InChI=1S/C14H17F3N2O2/c1-9(19-6-7-21-12(8-19)13(18)20)10-2-4-11(5-3-10)14(15,16)17/h2-5,9,12H,6-8H2,1H3,(H2,18,20). The number of primary amides is 1. The van der Waals surface area contributed by atoms with Gasteiger partial charge in [-0.15, -0.1) is 0 Å². The molecule has 1 aromatic carbocycles. The number of nitrogens with two attached hydrogens (primary N) is 1. The van der Waals surface area contributed by atoms with E-state index in [1.54, 1.807) is 0 Å². The smallest absolute Gasteiger partial charge is 0.367 e. The Labute approximate surface area is 120 Å². The van der Waals surface area contributed by atoms with Gasteiger partial charge in [0.25, 0.3) is 0 Å². The quantitative estimate of drug-likeness (QED) is 0.928. The van der Waals surface area contributed by atoms with Crippen LogP contribution >= 0.6 is 0 Å². The molecule has 0 spiro atoms. The third-order valence-corrected chi connectivity index (χ3v) is 3.68. The zero-order valence-corrected chi connectivity index (χ0v) is 11.6. The summed E-state index contributed by atoms with van der Waals surface area (Å²) < 4.78 is 42.9. The lowest BCUT2D eigenvalue weighted by molar-refractivity contribution is -0.138. The van der Waals surface area contributed by atoms with Gasteiger partial charge in [0.15, 0.2) is 0 Å². The van der Waals surface area contributed by atoms with E-state index in [9.17, 15) is 18.0 Å². The molecule has 1 aliphatic rings. The summed E-state index contributed by atoms with van der Waals surface area (Å²) in [5.41, 5.74) is 5.31. The van der Waals surface area contributed by atoms with Gasteiger partial charge in [-0.1, -0.05) is 12.1 Å². The molecule has 2 atom stereocenters. The second-order valence-corrected chi connectivity index (χ2v) is 5.05. The van der Waals surface area contributed by atoms with Crippen LogP contribution in [0.3, 0.4) is 0 Å². The lowest BCUT2D eigenvalue weighted by atomic mass is 10.0. The summed E-state index contributed by atoms with van der Waals surface area (Å²) in [7, 11) is 0. The Bertz CT molecular complexity index is 502. The van der Waals surface area contributed by atoms with Crippen molar-refractivity contribution in [3.63, 3.8) is 0 Å². The molecule has 7 heteroatoms. The maximum Gasteiger partial charge on any atom is 0.416 e. The van der Waals surface area contributed by atoms with Crippen molar-refractivity contribution in [1.82, 2.24) is 4.90 Å². The molecule has 1 fully saturated rings. The molecule has 0 bridgehead atoms. The number of ether oxygens (including phenoxy) is 1. The largest absolute Gasteiger partial charge is 0.416 e. The van der Waals surface area contributed by atoms with E-state index in [0.29, 0.717) is 19.7 Å². The molecule has 4 nitrogen and oxygen atoms in total. The highest BCUT2D eigenvalue weighted by Gasteiger charge is 2.31. The van der Waals surface area contributed by atoms with Crippen LogP contribution in [0.1, 0.15) is 24.1 Å². The van der Waals surface area contributed by atoms with E-state index in [4.69, 9.17) is 10.5 Å². The first-order valence-corrected chi connectivity index (χ1v) is 6.61. The Morgan fingerprint density at radius 2 is 2.00 bits per heavy atom. The summed E-state index contributed by atoms with van der Waals surface area (Å²) >= 11 is 0. The fraction of sp³-hybridized carbons (Fsp3) is 0.500. The molecule has 1 amide bonds. The Kier molecular flexibility index (Phi) is 4.53. The number of carbonyl (C=O) groups is 1. The van der Waals surface area contributed by atoms with Gasteiger partial charge in [0.1, 0.15) is 6.10 Å². The SMILES string of the molecule is CC(c1ccc(C(F)(F)F)cc1)N1CCOC(C(N)=O)C1. The number of alkyl halides is 3. The average molecular weight is 302 g/mol. The number of benzene rings is 1. The predicted molar refractivity (Wildman–Crippen MR) is 70.4 cm³/mol. The summed E-state index contributed by atoms with van der Waals surface area (Å²) in [6.45, 7) is 3.20. The molecule has 2 unspecified atom stereocenters. The molecule has 0 saturated carbocycles. The maximum atomic E-state index is 12.5. The molecule has 0 radical (unpaired) electrons. The molecular weight excluding hydrogens is 285 g/mol. The van der Waals surface area contributed by atoms with E-state index >= 15 is 0 Å². The highest BCUT2D eigenvalue weighted by Crippen LogP contribution is 2.31. The van der Waals surface area contributed by atoms with Gasteiger partial charge in [-0.2, -0.15) is 13.2 Å². The van der Waals surface area contributed by atoms with E-state index in [1.807, 2.05) is 11.8 Å². The molecule has 2 N–H and O–H groups in total. The van der Waals surface area contributed by atoms with E-state index in [0.717, 1.165) is 17.7 Å². The van der Waals surface area contributed by atoms with Crippen LogP contribution in [0.4, 0.5) is 13.2 Å². The second-order valence-electron chi connectivity index (χ2n) is 5.05. The molecular formula is C14H17F3N2O2. The van der Waals surface area contributed by atoms with Crippen molar-refractivity contribution >= 4 is 5.91 Å². The first-order chi connectivity index (χ1) is 9.79. The molecule has 21 heavy (non-hydrogen) atoms. The van der Waals surface area contributed by atoms with E-state index in [1.165, 1.54) is 12.1 Å². The van der Waals surface area contributed by atoms with Crippen molar-refractivity contribution in [1.29, 1.82) is 0 Å². The van der Waals surface area contributed by atoms with Gasteiger partial charge in [0, 0.05) is 19.1 Å². The minimum Gasteiger partial charge on any atom is -0.367 e. The van der Waals surface area contributed by atoms with Gasteiger partial charge in [-0.05, 0) is 24.6 Å². The fourth-order valence-corrected chi connectivity index (χ4v) is 2.35. The molecule has 116 valence electrons. The number of nitrogens with zero attached hydrogens (tertiary/aromatic N) is 1. The molecule has 1 aliphatic heterocycles. The minimum absolute atomic E-state index is 0.113. The van der Waals surface area contributed by atoms with E-state index < -0.39 is 23.8 Å². The topological polar surface area (TPSA) is 55.6 Å². The molecule has 1 aromatic rings. The summed E-state index contributed by atoms with van der Waals surface area (Å²) in [6, 6.07) is 4.94. The normalized spacial score (nSPS) is 22.0. The van der Waals surface area contributed by atoms with Crippen LogP contribution in [0, 0.1) is 0 Å². The molecule has 1 heterocycles. The van der Waals surface area contributed by atoms with Crippen LogP contribution in [0.2, 0.25) is 0 Å². The summed E-state index contributed by atoms with van der Waals surface area (Å²) in [5, 5.41) is 0. The van der Waals surface area contributed by atoms with Crippen LogP contribution in [-0.2, 0) is 15.7 Å². The minimum atomic E-state index is -4.34. The number of rotatable bonds is 3. The van der Waals surface area contributed by atoms with Crippen LogP contribution in [-0.4, -0.2) is 36.6 Å². The average Bonchev–Trinajstić information content (AvgIpc) is 2.46. The van der Waals surface area contributed by atoms with E-state index in [-0.39, 0.29) is 6.04 Å². The Hall–Kier alpha value is -1.60. The van der Waals surface area contributed by atoms with E-state index in [2.05, 4.69) is 0 Å². The first-order valence-electron chi connectivity index (χ1n) is 6.61. The molecule has 0 aliphatic carbocycles. The highest BCUT2D eigenvalue weighted by atomic mass is 19.4. The zero-order valence-electron chi connectivity index (χ0n) is 11.6. The van der Waals surface area contributed by atoms with Gasteiger partial charge < -0.3 is 10.5 Å². The zero-order chi connectivity index (χ0) is 15.6. The molecule has 0 aromatic heterocycles. The third-order valence-electron chi connectivity index (χ3n) is 3.68. The lowest BCUT2D eigenvalue weighted by Gasteiger charge is -2.35. The molecule has 2 rings (SSSR count). The summed E-state index contributed by atoms with van der Waals surface area (Å²) in [4.78, 5) is 13.1. The second kappa shape index (κ2) is 6.03. The number of amides is 1. The first kappa shape index (κ1) is 15.8. The molecule has 1 saturated heterocycles. The van der Waals surface area contributed by atoms with Crippen LogP contribution in [0.15, 0.2) is 24.3 Å². The van der Waals surface area contributed by atoms with Crippen LogP contribution < -0.4 is 5.73 Å². The summed E-state index contributed by atoms with van der Waals surface area (Å²) in [5.74, 6) is -0.528. The Morgan fingerprint density at radius 3 is 2.52 bits per heavy atom. The van der Waals surface area contributed by atoms with Gasteiger partial charge in [0.2, 0.25) is 5.91 Å². The van der Waals surface area contributed by atoms with Crippen molar-refractivity contribution in [2.45, 2.75) is 25.2 Å². The summed E-state index contributed by atoms with van der Waals surface area (Å²) in [6.07, 6.45) is -5.01.